The van der Waals surface area contributed by atoms with Gasteiger partial charge in [-0.25, -0.2) is 8.78 Å². The lowest BCUT2D eigenvalue weighted by atomic mass is 10.1. The standard InChI is InChI=1S/C20H21F2N3O2/c21-16-4-6-18(7-5-16)24-8-10-25(11-9-24)20(27)14-23-19(26)13-15-2-1-3-17(22)12-15/h1-7,12H,8-11,13-14H2,(H,23,26). The number of carbonyl (C=O) groups is 2. The minimum absolute atomic E-state index is 0.0311. The molecule has 0 saturated carbocycles. The first-order valence-corrected chi connectivity index (χ1v) is 8.81. The van der Waals surface area contributed by atoms with Gasteiger partial charge in [0.05, 0.1) is 13.0 Å². The molecular weight excluding hydrogens is 352 g/mol. The Morgan fingerprint density at radius 1 is 0.926 bits per heavy atom. The van der Waals surface area contributed by atoms with Crippen molar-refractivity contribution in [2.45, 2.75) is 6.42 Å². The number of rotatable bonds is 5. The minimum atomic E-state index is -0.393. The molecule has 0 aromatic heterocycles. The van der Waals surface area contributed by atoms with Crippen molar-refractivity contribution in [1.29, 1.82) is 0 Å². The Balaban J connectivity index is 1.42. The summed E-state index contributed by atoms with van der Waals surface area (Å²) in [6.07, 6.45) is 0.0311. The third kappa shape index (κ3) is 5.26. The monoisotopic (exact) mass is 373 g/mol. The highest BCUT2D eigenvalue weighted by atomic mass is 19.1. The van der Waals surface area contributed by atoms with Gasteiger partial charge in [-0.1, -0.05) is 12.1 Å². The zero-order valence-corrected chi connectivity index (χ0v) is 14.8. The predicted octanol–water partition coefficient (Wildman–Crippen LogP) is 1.97. The molecule has 1 fully saturated rings. The largest absolute Gasteiger partial charge is 0.368 e. The molecule has 27 heavy (non-hydrogen) atoms. The second kappa shape index (κ2) is 8.62. The molecule has 0 aliphatic carbocycles. The highest BCUT2D eigenvalue weighted by Crippen LogP contribution is 2.16. The van der Waals surface area contributed by atoms with E-state index >= 15 is 0 Å². The number of anilines is 1. The second-order valence-electron chi connectivity index (χ2n) is 6.43. The molecule has 0 spiro atoms. The average molecular weight is 373 g/mol. The summed E-state index contributed by atoms with van der Waals surface area (Å²) in [5.74, 6) is -1.14. The lowest BCUT2D eigenvalue weighted by molar-refractivity contribution is -0.133. The Morgan fingerprint density at radius 2 is 1.63 bits per heavy atom. The first kappa shape index (κ1) is 18.8. The van der Waals surface area contributed by atoms with Gasteiger partial charge in [-0.3, -0.25) is 9.59 Å². The molecule has 0 atom stereocenters. The average Bonchev–Trinajstić information content (AvgIpc) is 2.67. The van der Waals surface area contributed by atoms with Crippen LogP contribution in [-0.4, -0.2) is 49.4 Å². The van der Waals surface area contributed by atoms with E-state index in [1.165, 1.54) is 24.3 Å². The van der Waals surface area contributed by atoms with Crippen molar-refractivity contribution in [1.82, 2.24) is 10.2 Å². The van der Waals surface area contributed by atoms with Gasteiger partial charge in [-0.2, -0.15) is 0 Å². The summed E-state index contributed by atoms with van der Waals surface area (Å²) in [5.41, 5.74) is 1.49. The van der Waals surface area contributed by atoms with Gasteiger partial charge in [0.2, 0.25) is 11.8 Å². The van der Waals surface area contributed by atoms with Crippen molar-refractivity contribution in [2.24, 2.45) is 0 Å². The smallest absolute Gasteiger partial charge is 0.242 e. The van der Waals surface area contributed by atoms with E-state index in [1.807, 2.05) is 0 Å². The molecule has 0 bridgehead atoms. The molecule has 5 nitrogen and oxygen atoms in total. The van der Waals surface area contributed by atoms with Crippen molar-refractivity contribution < 1.29 is 18.4 Å². The Hall–Kier alpha value is -2.96. The lowest BCUT2D eigenvalue weighted by Gasteiger charge is -2.36. The van der Waals surface area contributed by atoms with E-state index in [-0.39, 0.29) is 30.6 Å². The summed E-state index contributed by atoms with van der Waals surface area (Å²) in [5, 5.41) is 2.59. The van der Waals surface area contributed by atoms with Crippen LogP contribution in [0.5, 0.6) is 0 Å². The molecule has 1 N–H and O–H groups in total. The summed E-state index contributed by atoms with van der Waals surface area (Å²) in [4.78, 5) is 28.0. The van der Waals surface area contributed by atoms with E-state index in [1.54, 1.807) is 29.2 Å². The Bertz CT molecular complexity index is 803. The van der Waals surface area contributed by atoms with Crippen LogP contribution < -0.4 is 10.2 Å². The van der Waals surface area contributed by atoms with E-state index < -0.39 is 5.82 Å². The predicted molar refractivity (Wildman–Crippen MR) is 98.3 cm³/mol. The number of benzene rings is 2. The van der Waals surface area contributed by atoms with E-state index in [0.717, 1.165) is 5.69 Å². The lowest BCUT2D eigenvalue weighted by Crippen LogP contribution is -2.51. The van der Waals surface area contributed by atoms with Crippen LogP contribution in [0.25, 0.3) is 0 Å². The Morgan fingerprint density at radius 3 is 2.30 bits per heavy atom. The van der Waals surface area contributed by atoms with Gasteiger partial charge in [0, 0.05) is 31.9 Å². The summed E-state index contributed by atoms with van der Waals surface area (Å²) in [6, 6.07) is 12.1. The Labute approximate surface area is 156 Å². The van der Waals surface area contributed by atoms with Crippen molar-refractivity contribution in [3.63, 3.8) is 0 Å². The van der Waals surface area contributed by atoms with Crippen LogP contribution in [0, 0.1) is 11.6 Å². The highest BCUT2D eigenvalue weighted by molar-refractivity contribution is 5.85. The SMILES string of the molecule is O=C(Cc1cccc(F)c1)NCC(=O)N1CCN(c2ccc(F)cc2)CC1. The fourth-order valence-electron chi connectivity index (χ4n) is 3.05. The molecule has 2 aromatic rings. The molecule has 1 saturated heterocycles. The second-order valence-corrected chi connectivity index (χ2v) is 6.43. The van der Waals surface area contributed by atoms with E-state index in [4.69, 9.17) is 0 Å². The third-order valence-corrected chi connectivity index (χ3v) is 4.51. The maximum absolute atomic E-state index is 13.1. The number of amides is 2. The number of carbonyl (C=O) groups excluding carboxylic acids is 2. The number of hydrogen-bond donors (Lipinski definition) is 1. The van der Waals surface area contributed by atoms with Gasteiger partial charge in [-0.15, -0.1) is 0 Å². The molecule has 2 aromatic carbocycles. The van der Waals surface area contributed by atoms with Crippen LogP contribution in [0.2, 0.25) is 0 Å². The van der Waals surface area contributed by atoms with Crippen LogP contribution in [-0.2, 0) is 16.0 Å². The first-order valence-electron chi connectivity index (χ1n) is 8.81. The number of nitrogens with zero attached hydrogens (tertiary/aromatic N) is 2. The van der Waals surface area contributed by atoms with Crippen molar-refractivity contribution in [2.75, 3.05) is 37.6 Å². The fourth-order valence-corrected chi connectivity index (χ4v) is 3.05. The molecule has 1 aliphatic rings. The summed E-state index contributed by atoms with van der Waals surface area (Å²) in [7, 11) is 0. The van der Waals surface area contributed by atoms with Crippen LogP contribution in [0.4, 0.5) is 14.5 Å². The molecule has 3 rings (SSSR count). The topological polar surface area (TPSA) is 52.7 Å². The van der Waals surface area contributed by atoms with E-state index in [2.05, 4.69) is 10.2 Å². The number of hydrogen-bond acceptors (Lipinski definition) is 3. The molecule has 1 heterocycles. The van der Waals surface area contributed by atoms with Crippen LogP contribution in [0.1, 0.15) is 5.56 Å². The third-order valence-electron chi connectivity index (χ3n) is 4.51. The maximum Gasteiger partial charge on any atom is 0.242 e. The quantitative estimate of drug-likeness (QED) is 0.872. The first-order chi connectivity index (χ1) is 13.0. The Kier molecular flexibility index (Phi) is 6.01. The highest BCUT2D eigenvalue weighted by Gasteiger charge is 2.21. The summed E-state index contributed by atoms with van der Waals surface area (Å²) >= 11 is 0. The van der Waals surface area contributed by atoms with Crippen LogP contribution in [0.15, 0.2) is 48.5 Å². The normalized spacial score (nSPS) is 14.1. The van der Waals surface area contributed by atoms with Crippen molar-refractivity contribution in [3.8, 4) is 0 Å². The molecule has 1 aliphatic heterocycles. The minimum Gasteiger partial charge on any atom is -0.368 e. The zero-order chi connectivity index (χ0) is 19.2. The van der Waals surface area contributed by atoms with Crippen LogP contribution >= 0.6 is 0 Å². The van der Waals surface area contributed by atoms with E-state index in [0.29, 0.717) is 31.7 Å². The molecule has 142 valence electrons. The summed E-state index contributed by atoms with van der Waals surface area (Å²) in [6.45, 7) is 2.29. The number of piperazine rings is 1. The van der Waals surface area contributed by atoms with Crippen LogP contribution in [0.3, 0.4) is 0 Å². The fraction of sp³-hybridized carbons (Fsp3) is 0.300. The van der Waals surface area contributed by atoms with Gasteiger partial charge < -0.3 is 15.1 Å². The van der Waals surface area contributed by atoms with Gasteiger partial charge in [0.15, 0.2) is 0 Å². The molecule has 0 unspecified atom stereocenters. The maximum atomic E-state index is 13.1. The van der Waals surface area contributed by atoms with Gasteiger partial charge in [0.1, 0.15) is 11.6 Å². The molecular formula is C20H21F2N3O2. The van der Waals surface area contributed by atoms with E-state index in [9.17, 15) is 18.4 Å². The van der Waals surface area contributed by atoms with Gasteiger partial charge >= 0.3 is 0 Å². The molecule has 2 amide bonds. The zero-order valence-electron chi connectivity index (χ0n) is 14.8. The number of halogens is 2. The van der Waals surface area contributed by atoms with Gasteiger partial charge in [-0.05, 0) is 42.0 Å². The van der Waals surface area contributed by atoms with Crippen molar-refractivity contribution >= 4 is 17.5 Å². The molecule has 0 radical (unpaired) electrons. The summed E-state index contributed by atoms with van der Waals surface area (Å²) < 4.78 is 26.1. The van der Waals surface area contributed by atoms with Gasteiger partial charge in [0.25, 0.3) is 0 Å². The van der Waals surface area contributed by atoms with Crippen molar-refractivity contribution in [3.05, 3.63) is 65.7 Å². The molecule has 7 heteroatoms. The number of nitrogens with one attached hydrogen (secondary N) is 1.